The average molecular weight is 312 g/mol. The van der Waals surface area contributed by atoms with E-state index in [-0.39, 0.29) is 5.78 Å². The van der Waals surface area contributed by atoms with Crippen LogP contribution in [0.3, 0.4) is 0 Å². The van der Waals surface area contributed by atoms with Gasteiger partial charge in [-0.3, -0.25) is 4.79 Å². The van der Waals surface area contributed by atoms with Crippen LogP contribution < -0.4 is 10.6 Å². The number of benzene rings is 2. The molecule has 2 N–H and O–H groups in total. The molecule has 0 spiro atoms. The Kier molecular flexibility index (Phi) is 5.09. The van der Waals surface area contributed by atoms with Crippen LogP contribution >= 0.6 is 0 Å². The summed E-state index contributed by atoms with van der Waals surface area (Å²) in [7, 11) is 1.29. The van der Waals surface area contributed by atoms with Crippen molar-refractivity contribution in [3.63, 3.8) is 0 Å². The number of rotatable bonds is 4. The predicted molar refractivity (Wildman–Crippen MR) is 86.9 cm³/mol. The van der Waals surface area contributed by atoms with Crippen molar-refractivity contribution in [2.75, 3.05) is 17.7 Å². The number of amides is 2. The number of carbonyl (C=O) groups excluding carboxylic acids is 3. The molecule has 0 saturated heterocycles. The standard InChI is InChI=1S/C17H16N2O4/c1-11(20)12-6-8-14(9-7-12)18-17(22)19-15-5-3-4-13(10-15)16(21)23-2/h3-10H,1-2H3,(H2,18,19,22). The Morgan fingerprint density at radius 2 is 1.52 bits per heavy atom. The number of ether oxygens (including phenoxy) is 1. The maximum Gasteiger partial charge on any atom is 0.337 e. The highest BCUT2D eigenvalue weighted by Crippen LogP contribution is 2.14. The second-order valence-electron chi connectivity index (χ2n) is 4.79. The molecule has 0 saturated carbocycles. The van der Waals surface area contributed by atoms with Gasteiger partial charge < -0.3 is 15.4 Å². The summed E-state index contributed by atoms with van der Waals surface area (Å²) in [5, 5.41) is 5.26. The fourth-order valence-electron chi connectivity index (χ4n) is 1.92. The van der Waals surface area contributed by atoms with E-state index in [2.05, 4.69) is 15.4 Å². The van der Waals surface area contributed by atoms with E-state index in [9.17, 15) is 14.4 Å². The molecular formula is C17H16N2O4. The molecular weight excluding hydrogens is 296 g/mol. The van der Waals surface area contributed by atoms with Gasteiger partial charge >= 0.3 is 12.0 Å². The number of hydrogen-bond donors (Lipinski definition) is 2. The maximum atomic E-state index is 11.9. The Morgan fingerprint density at radius 1 is 0.870 bits per heavy atom. The van der Waals surface area contributed by atoms with Crippen molar-refractivity contribution in [1.29, 1.82) is 0 Å². The van der Waals surface area contributed by atoms with E-state index in [0.717, 1.165) is 0 Å². The molecule has 2 aromatic rings. The zero-order valence-electron chi connectivity index (χ0n) is 12.8. The number of nitrogens with one attached hydrogen (secondary N) is 2. The van der Waals surface area contributed by atoms with Gasteiger partial charge in [0.05, 0.1) is 12.7 Å². The van der Waals surface area contributed by atoms with E-state index < -0.39 is 12.0 Å². The minimum absolute atomic E-state index is 0.0411. The molecule has 6 heteroatoms. The topological polar surface area (TPSA) is 84.5 Å². The first-order valence-corrected chi connectivity index (χ1v) is 6.87. The number of carbonyl (C=O) groups is 3. The largest absolute Gasteiger partial charge is 0.465 e. The quantitative estimate of drug-likeness (QED) is 0.670. The van der Waals surface area contributed by atoms with Gasteiger partial charge in [0.2, 0.25) is 0 Å². The number of hydrogen-bond acceptors (Lipinski definition) is 4. The monoisotopic (exact) mass is 312 g/mol. The van der Waals surface area contributed by atoms with Gasteiger partial charge in [0.15, 0.2) is 5.78 Å². The highest BCUT2D eigenvalue weighted by atomic mass is 16.5. The van der Waals surface area contributed by atoms with Crippen LogP contribution in [0, 0.1) is 0 Å². The highest BCUT2D eigenvalue weighted by Gasteiger charge is 2.08. The molecule has 0 aliphatic heterocycles. The van der Waals surface area contributed by atoms with Gasteiger partial charge in [0.25, 0.3) is 0 Å². The molecule has 0 heterocycles. The first kappa shape index (κ1) is 16.2. The fourth-order valence-corrected chi connectivity index (χ4v) is 1.92. The van der Waals surface area contributed by atoms with Crippen LogP contribution in [0.1, 0.15) is 27.6 Å². The van der Waals surface area contributed by atoms with E-state index in [0.29, 0.717) is 22.5 Å². The van der Waals surface area contributed by atoms with E-state index in [1.807, 2.05) is 0 Å². The lowest BCUT2D eigenvalue weighted by Gasteiger charge is -2.09. The molecule has 0 atom stereocenters. The molecule has 2 amide bonds. The summed E-state index contributed by atoms with van der Waals surface area (Å²) in [6.07, 6.45) is 0. The minimum atomic E-state index is -0.478. The molecule has 0 unspecified atom stereocenters. The molecule has 0 aliphatic carbocycles. The summed E-state index contributed by atoms with van der Waals surface area (Å²) in [4.78, 5) is 34.6. The Morgan fingerprint density at radius 3 is 2.13 bits per heavy atom. The lowest BCUT2D eigenvalue weighted by molar-refractivity contribution is 0.0600. The molecule has 6 nitrogen and oxygen atoms in total. The second kappa shape index (κ2) is 7.22. The molecule has 2 aromatic carbocycles. The zero-order valence-corrected chi connectivity index (χ0v) is 12.8. The third-order valence-corrected chi connectivity index (χ3v) is 3.09. The van der Waals surface area contributed by atoms with E-state index in [4.69, 9.17) is 0 Å². The first-order chi connectivity index (χ1) is 11.0. The van der Waals surface area contributed by atoms with Crippen LogP contribution in [0.4, 0.5) is 16.2 Å². The van der Waals surface area contributed by atoms with Crippen molar-refractivity contribution in [1.82, 2.24) is 0 Å². The van der Waals surface area contributed by atoms with Crippen molar-refractivity contribution in [3.8, 4) is 0 Å². The van der Waals surface area contributed by atoms with Crippen molar-refractivity contribution < 1.29 is 19.1 Å². The van der Waals surface area contributed by atoms with Gasteiger partial charge in [-0.15, -0.1) is 0 Å². The van der Waals surface area contributed by atoms with Crippen molar-refractivity contribution in [3.05, 3.63) is 59.7 Å². The number of urea groups is 1. The number of esters is 1. The number of ketones is 1. The SMILES string of the molecule is COC(=O)c1cccc(NC(=O)Nc2ccc(C(C)=O)cc2)c1. The Hall–Kier alpha value is -3.15. The van der Waals surface area contributed by atoms with Gasteiger partial charge in [-0.05, 0) is 49.4 Å². The summed E-state index contributed by atoms with van der Waals surface area (Å²) >= 11 is 0. The predicted octanol–water partition coefficient (Wildman–Crippen LogP) is 3.32. The third-order valence-electron chi connectivity index (χ3n) is 3.09. The van der Waals surface area contributed by atoms with E-state index in [1.54, 1.807) is 42.5 Å². The van der Waals surface area contributed by atoms with E-state index >= 15 is 0 Å². The molecule has 0 aromatic heterocycles. The minimum Gasteiger partial charge on any atom is -0.465 e. The van der Waals surface area contributed by atoms with Gasteiger partial charge in [-0.2, -0.15) is 0 Å². The van der Waals surface area contributed by atoms with Gasteiger partial charge in [-0.1, -0.05) is 6.07 Å². The van der Waals surface area contributed by atoms with Crippen molar-refractivity contribution >= 4 is 29.2 Å². The van der Waals surface area contributed by atoms with Crippen LogP contribution in [-0.4, -0.2) is 24.9 Å². The molecule has 2 rings (SSSR count). The second-order valence-corrected chi connectivity index (χ2v) is 4.79. The Balaban J connectivity index is 2.02. The van der Waals surface area contributed by atoms with Crippen molar-refractivity contribution in [2.24, 2.45) is 0 Å². The Labute approximate surface area is 133 Å². The normalized spacial score (nSPS) is 9.83. The summed E-state index contributed by atoms with van der Waals surface area (Å²) in [5.74, 6) is -0.519. The van der Waals surface area contributed by atoms with Gasteiger partial charge in [0, 0.05) is 16.9 Å². The third kappa shape index (κ3) is 4.41. The summed E-state index contributed by atoms with van der Waals surface area (Å²) in [5.41, 5.74) is 1.93. The van der Waals surface area contributed by atoms with Gasteiger partial charge in [-0.25, -0.2) is 9.59 Å². The molecule has 0 aliphatic rings. The lowest BCUT2D eigenvalue weighted by atomic mass is 10.1. The summed E-state index contributed by atoms with van der Waals surface area (Å²) in [6, 6.07) is 12.5. The molecule has 0 bridgehead atoms. The fraction of sp³-hybridized carbons (Fsp3) is 0.118. The van der Waals surface area contributed by atoms with Gasteiger partial charge in [0.1, 0.15) is 0 Å². The maximum absolute atomic E-state index is 11.9. The van der Waals surface area contributed by atoms with E-state index in [1.165, 1.54) is 20.1 Å². The summed E-state index contributed by atoms with van der Waals surface area (Å²) < 4.78 is 4.63. The molecule has 0 fully saturated rings. The Bertz CT molecular complexity index is 739. The number of methoxy groups -OCH3 is 1. The first-order valence-electron chi connectivity index (χ1n) is 6.87. The van der Waals surface area contributed by atoms with Crippen LogP contribution in [0.5, 0.6) is 0 Å². The molecule has 118 valence electrons. The zero-order chi connectivity index (χ0) is 16.8. The average Bonchev–Trinajstić information content (AvgIpc) is 2.54. The smallest absolute Gasteiger partial charge is 0.337 e. The summed E-state index contributed by atoms with van der Waals surface area (Å²) in [6.45, 7) is 1.48. The van der Waals surface area contributed by atoms with Crippen LogP contribution in [0.15, 0.2) is 48.5 Å². The van der Waals surface area contributed by atoms with Crippen LogP contribution in [-0.2, 0) is 4.74 Å². The van der Waals surface area contributed by atoms with Crippen LogP contribution in [0.25, 0.3) is 0 Å². The molecule has 0 radical (unpaired) electrons. The number of Topliss-reactive ketones (excluding diaryl/α,β-unsaturated/α-hetero) is 1. The van der Waals surface area contributed by atoms with Crippen molar-refractivity contribution in [2.45, 2.75) is 6.92 Å². The van der Waals surface area contributed by atoms with Crippen LogP contribution in [0.2, 0.25) is 0 Å². The lowest BCUT2D eigenvalue weighted by Crippen LogP contribution is -2.19. The molecule has 23 heavy (non-hydrogen) atoms. The number of anilines is 2. The highest BCUT2D eigenvalue weighted by molar-refractivity contribution is 6.01.